The summed E-state index contributed by atoms with van der Waals surface area (Å²) in [6.07, 6.45) is 4.70. The second-order valence-corrected chi connectivity index (χ2v) is 5.66. The number of nitriles is 1. The predicted octanol–water partition coefficient (Wildman–Crippen LogP) is 1.72. The fourth-order valence-corrected chi connectivity index (χ4v) is 2.60. The molecule has 0 spiro atoms. The van der Waals surface area contributed by atoms with Gasteiger partial charge < -0.3 is 14.8 Å². The molecule has 0 aliphatic carbocycles. The maximum absolute atomic E-state index is 8.90. The molecule has 1 saturated heterocycles. The minimum Gasteiger partial charge on any atom is -0.342 e. The summed E-state index contributed by atoms with van der Waals surface area (Å²) in [5, 5.41) is 12.4. The van der Waals surface area contributed by atoms with E-state index in [1.54, 1.807) is 0 Å². The van der Waals surface area contributed by atoms with Crippen LogP contribution in [0, 0.1) is 17.2 Å². The third kappa shape index (κ3) is 4.09. The highest BCUT2D eigenvalue weighted by atomic mass is 15.1. The minimum absolute atomic E-state index is 0.724. The molecule has 0 saturated carbocycles. The molecular formula is C15H24N4. The SMILES string of the molecule is CC1CCN(CCNCc2cc(C#N)n(C)c2)CC1. The molecule has 0 amide bonds. The van der Waals surface area contributed by atoms with E-state index in [9.17, 15) is 0 Å². The molecule has 19 heavy (non-hydrogen) atoms. The van der Waals surface area contributed by atoms with Gasteiger partial charge in [0.2, 0.25) is 0 Å². The summed E-state index contributed by atoms with van der Waals surface area (Å²) in [5.74, 6) is 0.901. The van der Waals surface area contributed by atoms with Crippen LogP contribution in [-0.2, 0) is 13.6 Å². The molecule has 1 aromatic rings. The Morgan fingerprint density at radius 2 is 2.16 bits per heavy atom. The van der Waals surface area contributed by atoms with Gasteiger partial charge in [-0.25, -0.2) is 0 Å². The molecular weight excluding hydrogens is 236 g/mol. The molecule has 4 heteroatoms. The van der Waals surface area contributed by atoms with Crippen molar-refractivity contribution in [2.75, 3.05) is 26.2 Å². The van der Waals surface area contributed by atoms with Gasteiger partial charge in [-0.3, -0.25) is 0 Å². The van der Waals surface area contributed by atoms with Crippen molar-refractivity contribution in [3.8, 4) is 6.07 Å². The maximum atomic E-state index is 8.90. The van der Waals surface area contributed by atoms with Gasteiger partial charge in [-0.15, -0.1) is 0 Å². The lowest BCUT2D eigenvalue weighted by atomic mass is 9.99. The summed E-state index contributed by atoms with van der Waals surface area (Å²) in [6, 6.07) is 4.14. The highest BCUT2D eigenvalue weighted by Gasteiger charge is 2.14. The first-order valence-electron chi connectivity index (χ1n) is 7.17. The molecule has 104 valence electrons. The molecule has 1 N–H and O–H groups in total. The Labute approximate surface area is 116 Å². The quantitative estimate of drug-likeness (QED) is 0.820. The zero-order valence-electron chi connectivity index (χ0n) is 12.0. The van der Waals surface area contributed by atoms with Gasteiger partial charge in [0.15, 0.2) is 0 Å². The Morgan fingerprint density at radius 1 is 1.42 bits per heavy atom. The molecule has 1 aliphatic heterocycles. The Kier molecular flexibility index (Phi) is 5.00. The van der Waals surface area contributed by atoms with Crippen molar-refractivity contribution in [1.82, 2.24) is 14.8 Å². The van der Waals surface area contributed by atoms with Gasteiger partial charge in [0.05, 0.1) is 0 Å². The molecule has 0 atom stereocenters. The van der Waals surface area contributed by atoms with Gasteiger partial charge in [0.25, 0.3) is 0 Å². The standard InChI is InChI=1S/C15H24N4/c1-13-3-6-19(7-4-13)8-5-17-11-14-9-15(10-16)18(2)12-14/h9,12-13,17H,3-8,11H2,1-2H3. The lowest BCUT2D eigenvalue weighted by Gasteiger charge is -2.30. The van der Waals surface area contributed by atoms with Crippen LogP contribution in [0.2, 0.25) is 0 Å². The highest BCUT2D eigenvalue weighted by molar-refractivity contribution is 5.28. The van der Waals surface area contributed by atoms with Crippen LogP contribution in [0.3, 0.4) is 0 Å². The third-order valence-corrected chi connectivity index (χ3v) is 3.99. The number of likely N-dealkylation sites (tertiary alicyclic amines) is 1. The van der Waals surface area contributed by atoms with E-state index in [0.29, 0.717) is 0 Å². The van der Waals surface area contributed by atoms with E-state index in [4.69, 9.17) is 5.26 Å². The van der Waals surface area contributed by atoms with Gasteiger partial charge >= 0.3 is 0 Å². The average molecular weight is 260 g/mol. The van der Waals surface area contributed by atoms with Crippen LogP contribution in [0.1, 0.15) is 31.0 Å². The monoisotopic (exact) mass is 260 g/mol. The number of nitrogens with one attached hydrogen (secondary N) is 1. The smallest absolute Gasteiger partial charge is 0.120 e. The van der Waals surface area contributed by atoms with Gasteiger partial charge in [-0.1, -0.05) is 6.92 Å². The van der Waals surface area contributed by atoms with E-state index in [0.717, 1.165) is 31.2 Å². The van der Waals surface area contributed by atoms with Crippen LogP contribution in [-0.4, -0.2) is 35.6 Å². The minimum atomic E-state index is 0.724. The Bertz CT molecular complexity index is 435. The summed E-state index contributed by atoms with van der Waals surface area (Å²) in [5.41, 5.74) is 1.91. The Hall–Kier alpha value is -1.31. The van der Waals surface area contributed by atoms with Crippen LogP contribution < -0.4 is 5.32 Å². The van der Waals surface area contributed by atoms with Crippen molar-refractivity contribution < 1.29 is 0 Å². The third-order valence-electron chi connectivity index (χ3n) is 3.99. The summed E-state index contributed by atoms with van der Waals surface area (Å²) >= 11 is 0. The van der Waals surface area contributed by atoms with Gasteiger partial charge in [-0.2, -0.15) is 5.26 Å². The largest absolute Gasteiger partial charge is 0.342 e. The zero-order chi connectivity index (χ0) is 13.7. The zero-order valence-corrected chi connectivity index (χ0v) is 12.0. The molecule has 1 fully saturated rings. The average Bonchev–Trinajstić information content (AvgIpc) is 2.77. The lowest BCUT2D eigenvalue weighted by Crippen LogP contribution is -2.37. The summed E-state index contributed by atoms with van der Waals surface area (Å²) in [4.78, 5) is 2.54. The first-order valence-corrected chi connectivity index (χ1v) is 7.17. The Morgan fingerprint density at radius 3 is 2.79 bits per heavy atom. The van der Waals surface area contributed by atoms with Crippen LogP contribution >= 0.6 is 0 Å². The van der Waals surface area contributed by atoms with Crippen LogP contribution in [0.15, 0.2) is 12.3 Å². The van der Waals surface area contributed by atoms with Gasteiger partial charge in [0, 0.05) is 32.9 Å². The molecule has 4 nitrogen and oxygen atoms in total. The highest BCUT2D eigenvalue weighted by Crippen LogP contribution is 2.15. The Balaban J connectivity index is 1.65. The molecule has 0 bridgehead atoms. The normalized spacial score (nSPS) is 17.5. The van der Waals surface area contributed by atoms with E-state index in [-0.39, 0.29) is 0 Å². The number of aromatic nitrogens is 1. The number of aryl methyl sites for hydroxylation is 1. The van der Waals surface area contributed by atoms with Crippen molar-refractivity contribution >= 4 is 0 Å². The summed E-state index contributed by atoms with van der Waals surface area (Å²) in [6.45, 7) is 7.83. The molecule has 2 heterocycles. The molecule has 0 radical (unpaired) electrons. The molecule has 1 aliphatic rings. The maximum Gasteiger partial charge on any atom is 0.120 e. The summed E-state index contributed by atoms with van der Waals surface area (Å²) in [7, 11) is 1.91. The van der Waals surface area contributed by atoms with E-state index in [1.165, 1.54) is 31.5 Å². The lowest BCUT2D eigenvalue weighted by molar-refractivity contribution is 0.193. The van der Waals surface area contributed by atoms with Crippen molar-refractivity contribution in [3.63, 3.8) is 0 Å². The van der Waals surface area contributed by atoms with Crippen LogP contribution in [0.4, 0.5) is 0 Å². The van der Waals surface area contributed by atoms with Crippen LogP contribution in [0.25, 0.3) is 0 Å². The van der Waals surface area contributed by atoms with Crippen molar-refractivity contribution in [3.05, 3.63) is 23.5 Å². The number of hydrogen-bond donors (Lipinski definition) is 1. The molecule has 1 aromatic heterocycles. The van der Waals surface area contributed by atoms with Crippen molar-refractivity contribution in [1.29, 1.82) is 5.26 Å². The number of rotatable bonds is 5. The van der Waals surface area contributed by atoms with E-state index < -0.39 is 0 Å². The number of piperidine rings is 1. The van der Waals surface area contributed by atoms with Crippen molar-refractivity contribution in [2.45, 2.75) is 26.3 Å². The van der Waals surface area contributed by atoms with Crippen LogP contribution in [0.5, 0.6) is 0 Å². The predicted molar refractivity (Wildman–Crippen MR) is 76.7 cm³/mol. The second-order valence-electron chi connectivity index (χ2n) is 5.66. The molecule has 0 aromatic carbocycles. The molecule has 0 unspecified atom stereocenters. The number of hydrogen-bond acceptors (Lipinski definition) is 3. The first-order chi connectivity index (χ1) is 9.19. The van der Waals surface area contributed by atoms with E-state index >= 15 is 0 Å². The van der Waals surface area contributed by atoms with Gasteiger partial charge in [0.1, 0.15) is 11.8 Å². The second kappa shape index (κ2) is 6.74. The van der Waals surface area contributed by atoms with E-state index in [2.05, 4.69) is 23.2 Å². The fourth-order valence-electron chi connectivity index (χ4n) is 2.60. The first kappa shape index (κ1) is 14.1. The topological polar surface area (TPSA) is 44.0 Å². The summed E-state index contributed by atoms with van der Waals surface area (Å²) < 4.78 is 1.88. The fraction of sp³-hybridized carbons (Fsp3) is 0.667. The molecule has 2 rings (SSSR count). The van der Waals surface area contributed by atoms with Crippen molar-refractivity contribution in [2.24, 2.45) is 13.0 Å². The number of nitrogens with zero attached hydrogens (tertiary/aromatic N) is 3. The van der Waals surface area contributed by atoms with Gasteiger partial charge in [-0.05, 0) is 43.5 Å². The van der Waals surface area contributed by atoms with E-state index in [1.807, 2.05) is 23.9 Å².